The van der Waals surface area contributed by atoms with Crippen molar-refractivity contribution in [2.24, 2.45) is 0 Å². The molecular weight excluding hydrogens is 961 g/mol. The molecule has 0 aromatic heterocycles. The summed E-state index contributed by atoms with van der Waals surface area (Å²) in [5.41, 5.74) is 32.6. The van der Waals surface area contributed by atoms with Crippen molar-refractivity contribution in [2.75, 3.05) is 0 Å². The Bertz CT molecular complexity index is 1410. The first-order chi connectivity index (χ1) is 33.4. The van der Waals surface area contributed by atoms with Gasteiger partial charge in [-0.05, 0) is 142 Å². The Kier molecular flexibility index (Phi) is 32.2. The van der Waals surface area contributed by atoms with Crippen molar-refractivity contribution < 1.29 is 0 Å². The summed E-state index contributed by atoms with van der Waals surface area (Å²) in [6.45, 7) is 75.5. The van der Waals surface area contributed by atoms with Crippen molar-refractivity contribution in [3.8, 4) is 0 Å². The second kappa shape index (κ2) is 33.2. The largest absolute Gasteiger partial charge is 0.0654 e. The van der Waals surface area contributed by atoms with E-state index in [0.29, 0.717) is 0 Å². The Hall–Kier alpha value is -0.259. The van der Waals surface area contributed by atoms with Gasteiger partial charge in [0.25, 0.3) is 0 Å². The Morgan fingerprint density at radius 1 is 0.167 bits per heavy atom. The average Bonchev–Trinajstić information content (AvgIpc) is 3.27. The molecule has 2 aromatic carbocycles. The van der Waals surface area contributed by atoms with E-state index in [2.05, 4.69) is 208 Å². The highest BCUT2D eigenvalue weighted by atomic mass is 28.3. The minimum absolute atomic E-state index is 0.874. The van der Waals surface area contributed by atoms with Gasteiger partial charge in [0, 0.05) is 52.8 Å². The van der Waals surface area contributed by atoms with Gasteiger partial charge in [-0.1, -0.05) is 274 Å². The number of rotatable bonds is 30. The van der Waals surface area contributed by atoms with Crippen LogP contribution in [0.3, 0.4) is 0 Å². The van der Waals surface area contributed by atoms with Crippen LogP contribution in [0.4, 0.5) is 0 Å². The lowest BCUT2D eigenvalue weighted by Crippen LogP contribution is -2.31. The van der Waals surface area contributed by atoms with Crippen LogP contribution in [0.2, 0.25) is 66.5 Å². The van der Waals surface area contributed by atoms with Crippen LogP contribution >= 0.6 is 0 Å². The lowest BCUT2D eigenvalue weighted by atomic mass is 9.85. The third-order valence-electron chi connectivity index (χ3n) is 19.4. The SMILES string of the molecule is CCc1c(C[SiH](C(C)C)C(C)C)c(CC)c(C[SiH](C(C)C)C(C)C)c(CC)c1C[SiH](C(C)C)C(C)C.CCc1c(C[SiH](C(C)C)C(C)C)c(CC)c(C[SiH](C(C)C)C(C)C)c(CC)c1C[SiH](C(C)C)C(C)C. The van der Waals surface area contributed by atoms with Gasteiger partial charge in [-0.2, -0.15) is 0 Å². The van der Waals surface area contributed by atoms with Crippen molar-refractivity contribution in [3.05, 3.63) is 66.8 Å². The lowest BCUT2D eigenvalue weighted by Gasteiger charge is -2.34. The summed E-state index contributed by atoms with van der Waals surface area (Å²) in [6, 6.07) is 8.56. The fourth-order valence-electron chi connectivity index (χ4n) is 15.1. The van der Waals surface area contributed by atoms with Crippen molar-refractivity contribution in [1.82, 2.24) is 0 Å². The van der Waals surface area contributed by atoms with Crippen molar-refractivity contribution >= 4 is 52.8 Å². The molecule has 0 aliphatic carbocycles. The van der Waals surface area contributed by atoms with E-state index >= 15 is 0 Å². The molecule has 0 unspecified atom stereocenters. The molecule has 0 heterocycles. The first-order valence-corrected chi connectivity index (χ1v) is 44.7. The van der Waals surface area contributed by atoms with E-state index < -0.39 is 52.8 Å². The molecule has 0 nitrogen and oxygen atoms in total. The van der Waals surface area contributed by atoms with Gasteiger partial charge < -0.3 is 0 Å². The highest BCUT2D eigenvalue weighted by Gasteiger charge is 2.34. The third kappa shape index (κ3) is 19.0. The maximum Gasteiger partial charge on any atom is 0.0464 e. The Labute approximate surface area is 465 Å². The number of benzene rings is 2. The lowest BCUT2D eigenvalue weighted by molar-refractivity contribution is 0.870. The third-order valence-corrected chi connectivity index (χ3v) is 45.2. The van der Waals surface area contributed by atoms with E-state index in [-0.39, 0.29) is 0 Å². The second-order valence-corrected chi connectivity index (χ2v) is 54.4. The summed E-state index contributed by atoms with van der Waals surface area (Å²) in [6.07, 6.45) is 7.39. The average molecular weight is 1090 g/mol. The highest BCUT2D eigenvalue weighted by Crippen LogP contribution is 2.41. The molecule has 0 fully saturated rings. The quantitative estimate of drug-likeness (QED) is 0.0684. The molecule has 0 aliphatic rings. The van der Waals surface area contributed by atoms with E-state index in [1.165, 1.54) is 74.8 Å². The van der Waals surface area contributed by atoms with Gasteiger partial charge in [0.05, 0.1) is 0 Å². The zero-order valence-corrected chi connectivity index (χ0v) is 61.8. The van der Waals surface area contributed by atoms with Gasteiger partial charge in [-0.25, -0.2) is 0 Å². The van der Waals surface area contributed by atoms with Crippen LogP contribution in [0.15, 0.2) is 0 Å². The molecule has 0 bridgehead atoms. The predicted molar refractivity (Wildman–Crippen MR) is 355 cm³/mol. The minimum Gasteiger partial charge on any atom is -0.0654 e. The predicted octanol–water partition coefficient (Wildman–Crippen LogP) is 19.5. The molecule has 0 saturated carbocycles. The molecule has 72 heavy (non-hydrogen) atoms. The van der Waals surface area contributed by atoms with Gasteiger partial charge in [-0.3, -0.25) is 0 Å². The van der Waals surface area contributed by atoms with Gasteiger partial charge in [0.1, 0.15) is 0 Å². The second-order valence-electron chi connectivity index (χ2n) is 28.0. The number of hydrogen-bond acceptors (Lipinski definition) is 0. The molecule has 6 heteroatoms. The van der Waals surface area contributed by atoms with Gasteiger partial charge in [-0.15, -0.1) is 0 Å². The van der Waals surface area contributed by atoms with E-state index in [4.69, 9.17) is 0 Å². The number of hydrogen-bond donors (Lipinski definition) is 0. The normalized spacial score (nSPS) is 13.0. The first-order valence-electron chi connectivity index (χ1n) is 31.8. The highest BCUT2D eigenvalue weighted by molar-refractivity contribution is 6.63. The zero-order valence-electron chi connectivity index (χ0n) is 54.9. The van der Waals surface area contributed by atoms with Crippen LogP contribution in [0, 0.1) is 0 Å². The molecule has 0 amide bonds. The Morgan fingerprint density at radius 3 is 0.306 bits per heavy atom. The zero-order chi connectivity index (χ0) is 55.8. The molecular formula is C66H132Si6. The molecule has 2 aromatic rings. The maximum atomic E-state index is 2.53. The molecule has 0 radical (unpaired) electrons. The molecule has 0 spiro atoms. The molecule has 0 atom stereocenters. The van der Waals surface area contributed by atoms with Crippen LogP contribution < -0.4 is 0 Å². The smallest absolute Gasteiger partial charge is 0.0464 e. The van der Waals surface area contributed by atoms with Gasteiger partial charge in [0.15, 0.2) is 0 Å². The standard InChI is InChI=1S/2C33H66Si3/c2*1-16-28-31(19-34(22(4)5)23(6)7)29(17-2)33(21-36(26(12)13)27(14)15)30(18-3)32(28)20-35(24(8)9)25(10)11/h2*22-27,34-36H,16-21H2,1-15H3. The summed E-state index contributed by atoms with van der Waals surface area (Å²) in [7, 11) is -5.31. The van der Waals surface area contributed by atoms with Crippen LogP contribution in [0.1, 0.15) is 274 Å². The topological polar surface area (TPSA) is 0 Å². The van der Waals surface area contributed by atoms with Gasteiger partial charge >= 0.3 is 0 Å². The summed E-state index contributed by atoms with van der Waals surface area (Å²) < 4.78 is 0. The fraction of sp³-hybridized carbons (Fsp3) is 0.818. The van der Waals surface area contributed by atoms with Crippen molar-refractivity contribution in [2.45, 2.75) is 349 Å². The maximum absolute atomic E-state index is 2.53. The Balaban J connectivity index is 0.000000720. The van der Waals surface area contributed by atoms with E-state index in [1.807, 2.05) is 66.8 Å². The van der Waals surface area contributed by atoms with Crippen LogP contribution in [-0.2, 0) is 74.8 Å². The molecule has 0 N–H and O–H groups in total. The van der Waals surface area contributed by atoms with Gasteiger partial charge in [0.2, 0.25) is 0 Å². The van der Waals surface area contributed by atoms with E-state index in [0.717, 1.165) is 66.5 Å². The minimum atomic E-state index is -0.885. The molecule has 0 saturated heterocycles. The van der Waals surface area contributed by atoms with Crippen LogP contribution in [-0.4, -0.2) is 52.8 Å². The van der Waals surface area contributed by atoms with Crippen molar-refractivity contribution in [1.29, 1.82) is 0 Å². The molecule has 420 valence electrons. The summed E-state index contributed by atoms with van der Waals surface area (Å²) in [5.74, 6) is 0. The molecule has 0 aliphatic heterocycles. The summed E-state index contributed by atoms with van der Waals surface area (Å²) in [5, 5.41) is 0. The fourth-order valence-corrected chi connectivity index (χ4v) is 35.8. The molecule has 2 rings (SSSR count). The summed E-state index contributed by atoms with van der Waals surface area (Å²) >= 11 is 0. The van der Waals surface area contributed by atoms with E-state index in [9.17, 15) is 0 Å². The van der Waals surface area contributed by atoms with E-state index in [1.54, 1.807) is 0 Å². The van der Waals surface area contributed by atoms with Crippen LogP contribution in [0.5, 0.6) is 0 Å². The first kappa shape index (κ1) is 69.8. The van der Waals surface area contributed by atoms with Crippen LogP contribution in [0.25, 0.3) is 0 Å². The monoisotopic (exact) mass is 1090 g/mol. The van der Waals surface area contributed by atoms with Crippen molar-refractivity contribution in [3.63, 3.8) is 0 Å². The summed E-state index contributed by atoms with van der Waals surface area (Å²) in [4.78, 5) is 0. The Morgan fingerprint density at radius 2 is 0.250 bits per heavy atom.